The number of allylic oxidation sites excluding steroid dienone is 2. The van der Waals surface area contributed by atoms with Crippen LogP contribution in [0.25, 0.3) is 6.08 Å². The van der Waals surface area contributed by atoms with Gasteiger partial charge < -0.3 is 14.5 Å². The maximum atomic E-state index is 6.34. The van der Waals surface area contributed by atoms with E-state index in [1.54, 1.807) is 13.2 Å². The van der Waals surface area contributed by atoms with Crippen molar-refractivity contribution in [1.82, 2.24) is 4.90 Å². The van der Waals surface area contributed by atoms with Gasteiger partial charge in [0.15, 0.2) is 0 Å². The second-order valence-corrected chi connectivity index (χ2v) is 6.57. The molecule has 0 unspecified atom stereocenters. The molecule has 0 bridgehead atoms. The Hall–Kier alpha value is -1.49. The van der Waals surface area contributed by atoms with Crippen molar-refractivity contribution in [2.45, 2.75) is 12.8 Å². The highest BCUT2D eigenvalue weighted by molar-refractivity contribution is 6.35. The minimum atomic E-state index is 0.644. The molecule has 0 saturated carbocycles. The van der Waals surface area contributed by atoms with Crippen molar-refractivity contribution in [2.75, 3.05) is 33.4 Å². The number of morpholine rings is 1. The van der Waals surface area contributed by atoms with Crippen LogP contribution in [-0.4, -0.2) is 44.5 Å². The molecular weight excluding hydrogens is 347 g/mol. The van der Waals surface area contributed by atoms with Crippen LogP contribution in [0.2, 0.25) is 10.0 Å². The molecule has 0 spiro atoms. The van der Waals surface area contributed by atoms with Gasteiger partial charge in [0.2, 0.25) is 0 Å². The smallest absolute Gasteiger partial charge is 0.106 e. The Morgan fingerprint density at radius 3 is 2.71 bits per heavy atom. The normalized spacial score (nSPS) is 20.5. The van der Waals surface area contributed by atoms with Crippen molar-refractivity contribution < 1.29 is 9.57 Å². The molecule has 1 aromatic rings. The predicted octanol–water partition coefficient (Wildman–Crippen LogP) is 4.39. The number of benzene rings is 1. The Morgan fingerprint density at radius 2 is 2.00 bits per heavy atom. The molecule has 0 atom stereocenters. The van der Waals surface area contributed by atoms with Crippen LogP contribution in [0.1, 0.15) is 18.4 Å². The number of hydrogen-bond acceptors (Lipinski definition) is 4. The van der Waals surface area contributed by atoms with E-state index in [0.29, 0.717) is 10.0 Å². The van der Waals surface area contributed by atoms with Crippen molar-refractivity contribution in [3.8, 4) is 0 Å². The third-order valence-corrected chi connectivity index (χ3v) is 4.77. The highest BCUT2D eigenvalue weighted by atomic mass is 35.5. The fraction of sp³-hybridized carbons (Fsp3) is 0.389. The number of rotatable bonds is 4. The molecule has 2 aliphatic rings. The topological polar surface area (TPSA) is 34.1 Å². The lowest BCUT2D eigenvalue weighted by atomic mass is 10.1. The van der Waals surface area contributed by atoms with E-state index in [-0.39, 0.29) is 0 Å². The minimum Gasteiger partial charge on any atom is -0.399 e. The molecule has 1 aliphatic carbocycles. The van der Waals surface area contributed by atoms with Crippen molar-refractivity contribution >= 4 is 35.5 Å². The quantitative estimate of drug-likeness (QED) is 0.585. The minimum absolute atomic E-state index is 0.644. The van der Waals surface area contributed by atoms with E-state index in [1.165, 1.54) is 16.8 Å². The third-order valence-electron chi connectivity index (χ3n) is 4.21. The van der Waals surface area contributed by atoms with Gasteiger partial charge >= 0.3 is 0 Å². The Kier molecular flexibility index (Phi) is 5.82. The summed E-state index contributed by atoms with van der Waals surface area (Å²) in [6.07, 6.45) is 5.86. The fourth-order valence-electron chi connectivity index (χ4n) is 3.09. The van der Waals surface area contributed by atoms with Crippen LogP contribution in [0.4, 0.5) is 0 Å². The predicted molar refractivity (Wildman–Crippen MR) is 98.6 cm³/mol. The SMILES string of the molecule is CON=CC1=C(N2CCOCC2)C(=Cc2ccc(Cl)cc2Cl)CC1. The van der Waals surface area contributed by atoms with E-state index in [0.717, 1.165) is 44.7 Å². The summed E-state index contributed by atoms with van der Waals surface area (Å²) in [5, 5.41) is 5.26. The monoisotopic (exact) mass is 366 g/mol. The van der Waals surface area contributed by atoms with Crippen molar-refractivity contribution in [1.29, 1.82) is 0 Å². The van der Waals surface area contributed by atoms with Gasteiger partial charge in [-0.2, -0.15) is 0 Å². The molecular formula is C18H20Cl2N2O2. The second kappa shape index (κ2) is 8.06. The van der Waals surface area contributed by atoms with Gasteiger partial charge in [0, 0.05) is 28.8 Å². The number of hydrogen-bond donors (Lipinski definition) is 0. The van der Waals surface area contributed by atoms with Gasteiger partial charge in [0.05, 0.1) is 19.4 Å². The lowest BCUT2D eigenvalue weighted by Gasteiger charge is -2.31. The standard InChI is InChI=1S/C18H20Cl2N2O2/c1-23-21-12-15-3-2-14(18(15)22-6-8-24-9-7-22)10-13-4-5-16(19)11-17(13)20/h4-5,10-12H,2-3,6-9H2,1H3. The molecule has 0 aromatic heterocycles. The van der Waals surface area contributed by atoms with Crippen molar-refractivity contribution in [2.24, 2.45) is 5.16 Å². The summed E-state index contributed by atoms with van der Waals surface area (Å²) in [5.74, 6) is 0. The van der Waals surface area contributed by atoms with Crippen LogP contribution >= 0.6 is 23.2 Å². The molecule has 0 radical (unpaired) electrons. The summed E-state index contributed by atoms with van der Waals surface area (Å²) >= 11 is 12.3. The average molecular weight is 367 g/mol. The van der Waals surface area contributed by atoms with Crippen molar-refractivity contribution in [3.63, 3.8) is 0 Å². The van der Waals surface area contributed by atoms with Crippen LogP contribution < -0.4 is 0 Å². The van der Waals surface area contributed by atoms with E-state index in [9.17, 15) is 0 Å². The van der Waals surface area contributed by atoms with Gasteiger partial charge in [-0.3, -0.25) is 0 Å². The first-order valence-electron chi connectivity index (χ1n) is 7.97. The number of nitrogens with zero attached hydrogens (tertiary/aromatic N) is 2. The Balaban J connectivity index is 1.97. The molecule has 4 nitrogen and oxygen atoms in total. The molecule has 6 heteroatoms. The highest BCUT2D eigenvalue weighted by Gasteiger charge is 2.25. The Bertz CT molecular complexity index is 692. The number of oxime groups is 1. The lowest BCUT2D eigenvalue weighted by Crippen LogP contribution is -2.36. The average Bonchev–Trinajstić information content (AvgIpc) is 2.99. The molecule has 128 valence electrons. The molecule has 1 fully saturated rings. The van der Waals surface area contributed by atoms with E-state index >= 15 is 0 Å². The van der Waals surface area contributed by atoms with Gasteiger partial charge in [0.25, 0.3) is 0 Å². The number of ether oxygens (including phenoxy) is 1. The zero-order valence-electron chi connectivity index (χ0n) is 13.6. The summed E-state index contributed by atoms with van der Waals surface area (Å²) < 4.78 is 5.48. The maximum Gasteiger partial charge on any atom is 0.106 e. The molecule has 24 heavy (non-hydrogen) atoms. The van der Waals surface area contributed by atoms with E-state index < -0.39 is 0 Å². The van der Waals surface area contributed by atoms with Crippen LogP contribution in [0.3, 0.4) is 0 Å². The fourth-order valence-corrected chi connectivity index (χ4v) is 3.56. The van der Waals surface area contributed by atoms with Gasteiger partial charge in [-0.1, -0.05) is 34.4 Å². The zero-order valence-corrected chi connectivity index (χ0v) is 15.1. The molecule has 3 rings (SSSR count). The Labute approximate surface area is 152 Å². The molecule has 0 amide bonds. The van der Waals surface area contributed by atoms with Gasteiger partial charge in [-0.25, -0.2) is 0 Å². The maximum absolute atomic E-state index is 6.34. The van der Waals surface area contributed by atoms with Crippen LogP contribution in [0.15, 0.2) is 40.2 Å². The van der Waals surface area contributed by atoms with Crippen LogP contribution in [0.5, 0.6) is 0 Å². The van der Waals surface area contributed by atoms with E-state index in [2.05, 4.69) is 16.1 Å². The molecule has 1 aliphatic heterocycles. The first-order valence-corrected chi connectivity index (χ1v) is 8.73. The summed E-state index contributed by atoms with van der Waals surface area (Å²) in [6, 6.07) is 5.59. The van der Waals surface area contributed by atoms with E-state index in [1.807, 2.05) is 18.3 Å². The summed E-state index contributed by atoms with van der Waals surface area (Å²) in [5.41, 5.74) is 4.66. The first kappa shape index (κ1) is 17.3. The Morgan fingerprint density at radius 1 is 1.21 bits per heavy atom. The highest BCUT2D eigenvalue weighted by Crippen LogP contribution is 2.36. The summed E-state index contributed by atoms with van der Waals surface area (Å²) in [7, 11) is 1.56. The molecule has 0 N–H and O–H groups in total. The van der Waals surface area contributed by atoms with Crippen LogP contribution in [0, 0.1) is 0 Å². The summed E-state index contributed by atoms with van der Waals surface area (Å²) in [6.45, 7) is 3.25. The van der Waals surface area contributed by atoms with Gasteiger partial charge in [-0.05, 0) is 47.8 Å². The number of halogens is 2. The van der Waals surface area contributed by atoms with Gasteiger partial charge in [-0.15, -0.1) is 0 Å². The van der Waals surface area contributed by atoms with Gasteiger partial charge in [0.1, 0.15) is 7.11 Å². The lowest BCUT2D eigenvalue weighted by molar-refractivity contribution is 0.0548. The van der Waals surface area contributed by atoms with Crippen molar-refractivity contribution in [3.05, 3.63) is 50.7 Å². The van der Waals surface area contributed by atoms with Crippen LogP contribution in [-0.2, 0) is 9.57 Å². The second-order valence-electron chi connectivity index (χ2n) is 5.73. The molecule has 1 saturated heterocycles. The molecule has 1 aromatic carbocycles. The molecule has 1 heterocycles. The third kappa shape index (κ3) is 3.94. The zero-order chi connectivity index (χ0) is 16.9. The van der Waals surface area contributed by atoms with E-state index in [4.69, 9.17) is 32.8 Å². The largest absolute Gasteiger partial charge is 0.399 e. The summed E-state index contributed by atoms with van der Waals surface area (Å²) in [4.78, 5) is 7.23. The first-order chi connectivity index (χ1) is 11.7.